The van der Waals surface area contributed by atoms with Gasteiger partial charge in [-0.25, -0.2) is 0 Å². The van der Waals surface area contributed by atoms with Crippen LogP contribution in [0.4, 0.5) is 0 Å². The van der Waals surface area contributed by atoms with E-state index >= 15 is 0 Å². The van der Waals surface area contributed by atoms with Gasteiger partial charge in [-0.15, -0.1) is 11.3 Å². The molecule has 0 bridgehead atoms. The highest BCUT2D eigenvalue weighted by molar-refractivity contribution is 9.10. The van der Waals surface area contributed by atoms with Crippen LogP contribution in [0.2, 0.25) is 0 Å². The number of aryl methyl sites for hydroxylation is 1. The summed E-state index contributed by atoms with van der Waals surface area (Å²) in [5.41, 5.74) is 2.46. The quantitative estimate of drug-likeness (QED) is 0.900. The normalized spacial score (nSPS) is 12.6. The van der Waals surface area contributed by atoms with Gasteiger partial charge in [-0.3, -0.25) is 0 Å². The van der Waals surface area contributed by atoms with Crippen molar-refractivity contribution in [1.29, 1.82) is 0 Å². The minimum Gasteiger partial charge on any atom is -0.396 e. The van der Waals surface area contributed by atoms with Crippen molar-refractivity contribution in [1.82, 2.24) is 0 Å². The molecule has 3 heteroatoms. The van der Waals surface area contributed by atoms with E-state index in [9.17, 15) is 5.11 Å². The van der Waals surface area contributed by atoms with Crippen LogP contribution in [0, 0.1) is 6.92 Å². The lowest BCUT2D eigenvalue weighted by Gasteiger charge is -2.13. The molecule has 1 unspecified atom stereocenters. The monoisotopic (exact) mass is 310 g/mol. The number of thiophene rings is 1. The van der Waals surface area contributed by atoms with Gasteiger partial charge in [0.1, 0.15) is 0 Å². The molecule has 17 heavy (non-hydrogen) atoms. The van der Waals surface area contributed by atoms with Crippen LogP contribution in [-0.4, -0.2) is 11.7 Å². The van der Waals surface area contributed by atoms with E-state index in [-0.39, 0.29) is 12.5 Å². The first kappa shape index (κ1) is 12.8. The molecule has 0 radical (unpaired) electrons. The first-order valence-electron chi connectivity index (χ1n) is 5.59. The number of hydrogen-bond donors (Lipinski definition) is 1. The van der Waals surface area contributed by atoms with Crippen molar-refractivity contribution in [3.05, 3.63) is 56.2 Å². The summed E-state index contributed by atoms with van der Waals surface area (Å²) in [6, 6.07) is 10.5. The highest BCUT2D eigenvalue weighted by atomic mass is 79.9. The summed E-state index contributed by atoms with van der Waals surface area (Å²) in [6.45, 7) is 2.27. The Morgan fingerprint density at radius 3 is 2.53 bits per heavy atom. The largest absolute Gasteiger partial charge is 0.396 e. The second-order valence-corrected chi connectivity index (χ2v) is 6.14. The minimum absolute atomic E-state index is 0.193. The lowest BCUT2D eigenvalue weighted by Crippen LogP contribution is -2.06. The molecule has 0 saturated carbocycles. The van der Waals surface area contributed by atoms with E-state index in [4.69, 9.17) is 0 Å². The molecule has 0 aliphatic heterocycles. The Labute approximate surface area is 114 Å². The molecule has 2 aromatic rings. The number of hydrogen-bond acceptors (Lipinski definition) is 2. The number of halogens is 1. The number of aliphatic hydroxyl groups excluding tert-OH is 1. The van der Waals surface area contributed by atoms with Crippen molar-refractivity contribution in [2.45, 2.75) is 19.3 Å². The molecule has 1 N–H and O–H groups in total. The van der Waals surface area contributed by atoms with Gasteiger partial charge in [-0.2, -0.15) is 0 Å². The minimum atomic E-state index is 0.193. The highest BCUT2D eigenvalue weighted by Gasteiger charge is 2.12. The van der Waals surface area contributed by atoms with Gasteiger partial charge < -0.3 is 5.11 Å². The van der Waals surface area contributed by atoms with Crippen LogP contribution < -0.4 is 0 Å². The maximum Gasteiger partial charge on any atom is 0.0503 e. The van der Waals surface area contributed by atoms with Gasteiger partial charge in [0.2, 0.25) is 0 Å². The van der Waals surface area contributed by atoms with Crippen LogP contribution in [0.1, 0.15) is 21.9 Å². The third kappa shape index (κ3) is 3.41. The summed E-state index contributed by atoms with van der Waals surface area (Å²) in [6.07, 6.45) is 0.899. The highest BCUT2D eigenvalue weighted by Crippen LogP contribution is 2.26. The predicted molar refractivity (Wildman–Crippen MR) is 76.7 cm³/mol. The third-order valence-electron chi connectivity index (χ3n) is 2.84. The molecule has 1 heterocycles. The molecule has 1 nitrogen and oxygen atoms in total. The average molecular weight is 311 g/mol. The maximum absolute atomic E-state index is 9.51. The molecule has 0 amide bonds. The zero-order valence-corrected chi connectivity index (χ0v) is 12.1. The lowest BCUT2D eigenvalue weighted by molar-refractivity contribution is 0.265. The molecule has 2 rings (SSSR count). The topological polar surface area (TPSA) is 20.2 Å². The van der Waals surface area contributed by atoms with Gasteiger partial charge in [-0.05, 0) is 40.9 Å². The van der Waals surface area contributed by atoms with Gasteiger partial charge in [0.05, 0.1) is 6.61 Å². The van der Waals surface area contributed by atoms with Crippen molar-refractivity contribution < 1.29 is 5.11 Å². The third-order valence-corrected chi connectivity index (χ3v) is 4.56. The average Bonchev–Trinajstić information content (AvgIpc) is 2.73. The first-order chi connectivity index (χ1) is 8.19. The molecule has 0 fully saturated rings. The van der Waals surface area contributed by atoms with Gasteiger partial charge in [-0.1, -0.05) is 29.8 Å². The van der Waals surface area contributed by atoms with Crippen molar-refractivity contribution in [2.24, 2.45) is 0 Å². The van der Waals surface area contributed by atoms with E-state index in [1.54, 1.807) is 11.3 Å². The maximum atomic E-state index is 9.51. The number of aliphatic hydroxyl groups is 1. The fourth-order valence-corrected chi connectivity index (χ4v) is 3.36. The molecule has 0 aliphatic carbocycles. The summed E-state index contributed by atoms with van der Waals surface area (Å²) >= 11 is 5.19. The Bertz CT molecular complexity index is 475. The zero-order valence-electron chi connectivity index (χ0n) is 9.69. The Balaban J connectivity index is 2.13. The molecule has 1 aromatic carbocycles. The van der Waals surface area contributed by atoms with E-state index in [0.717, 1.165) is 10.9 Å². The van der Waals surface area contributed by atoms with Crippen LogP contribution in [0.5, 0.6) is 0 Å². The van der Waals surface area contributed by atoms with E-state index in [2.05, 4.69) is 58.6 Å². The fourth-order valence-electron chi connectivity index (χ4n) is 1.83. The van der Waals surface area contributed by atoms with Crippen LogP contribution >= 0.6 is 27.3 Å². The smallest absolute Gasteiger partial charge is 0.0503 e. The standard InChI is InChI=1S/C14H15BrOS/c1-10-2-4-11(5-3-10)12(8-16)6-14-7-13(15)9-17-14/h2-5,7,9,12,16H,6,8H2,1H3. The second kappa shape index (κ2) is 5.80. The second-order valence-electron chi connectivity index (χ2n) is 4.23. The molecule has 1 aromatic heterocycles. The van der Waals surface area contributed by atoms with Gasteiger partial charge in [0.15, 0.2) is 0 Å². The predicted octanol–water partition coefficient (Wildman–Crippen LogP) is 4.14. The van der Waals surface area contributed by atoms with Crippen LogP contribution in [0.3, 0.4) is 0 Å². The van der Waals surface area contributed by atoms with Crippen LogP contribution in [0.15, 0.2) is 40.2 Å². The van der Waals surface area contributed by atoms with E-state index in [1.807, 2.05) is 0 Å². The number of rotatable bonds is 4. The van der Waals surface area contributed by atoms with E-state index in [0.29, 0.717) is 0 Å². The zero-order chi connectivity index (χ0) is 12.3. The molecule has 0 saturated heterocycles. The summed E-state index contributed by atoms with van der Waals surface area (Å²) in [4.78, 5) is 1.30. The summed E-state index contributed by atoms with van der Waals surface area (Å²) in [7, 11) is 0. The van der Waals surface area contributed by atoms with Crippen molar-refractivity contribution in [3.8, 4) is 0 Å². The lowest BCUT2D eigenvalue weighted by atomic mass is 9.95. The van der Waals surface area contributed by atoms with Crippen molar-refractivity contribution >= 4 is 27.3 Å². The Morgan fingerprint density at radius 2 is 2.00 bits per heavy atom. The first-order valence-corrected chi connectivity index (χ1v) is 7.26. The Kier molecular flexibility index (Phi) is 4.37. The molecular formula is C14H15BrOS. The van der Waals surface area contributed by atoms with Gasteiger partial charge in [0, 0.05) is 20.6 Å². The molecule has 90 valence electrons. The summed E-state index contributed by atoms with van der Waals surface area (Å²) < 4.78 is 1.12. The SMILES string of the molecule is Cc1ccc(C(CO)Cc2cc(Br)cs2)cc1. The Hall–Kier alpha value is -0.640. The Morgan fingerprint density at radius 1 is 1.29 bits per heavy atom. The van der Waals surface area contributed by atoms with Gasteiger partial charge >= 0.3 is 0 Å². The van der Waals surface area contributed by atoms with E-state index in [1.165, 1.54) is 16.0 Å². The summed E-state index contributed by atoms with van der Waals surface area (Å²) in [5.74, 6) is 0.196. The summed E-state index contributed by atoms with van der Waals surface area (Å²) in [5, 5.41) is 11.6. The van der Waals surface area contributed by atoms with Crippen LogP contribution in [0.25, 0.3) is 0 Å². The van der Waals surface area contributed by atoms with Crippen molar-refractivity contribution in [2.75, 3.05) is 6.61 Å². The molecular weight excluding hydrogens is 296 g/mol. The molecule has 0 aliphatic rings. The molecule has 1 atom stereocenters. The van der Waals surface area contributed by atoms with Crippen molar-refractivity contribution in [3.63, 3.8) is 0 Å². The van der Waals surface area contributed by atoms with Crippen LogP contribution in [-0.2, 0) is 6.42 Å². The van der Waals surface area contributed by atoms with E-state index < -0.39 is 0 Å². The molecule has 0 spiro atoms. The number of benzene rings is 1. The fraction of sp³-hybridized carbons (Fsp3) is 0.286. The van der Waals surface area contributed by atoms with Gasteiger partial charge in [0.25, 0.3) is 0 Å².